The third-order valence-corrected chi connectivity index (χ3v) is 3.80. The van der Waals surface area contributed by atoms with Crippen molar-refractivity contribution in [3.63, 3.8) is 0 Å². The molecule has 0 saturated heterocycles. The van der Waals surface area contributed by atoms with E-state index in [0.29, 0.717) is 19.4 Å². The predicted octanol–water partition coefficient (Wildman–Crippen LogP) is 2.71. The number of amides is 1. The lowest BCUT2D eigenvalue weighted by atomic mass is 9.91. The van der Waals surface area contributed by atoms with Gasteiger partial charge in [-0.25, -0.2) is 0 Å². The van der Waals surface area contributed by atoms with E-state index in [2.05, 4.69) is 0 Å². The van der Waals surface area contributed by atoms with Gasteiger partial charge >= 0.3 is 0 Å². The number of para-hydroxylation sites is 2. The van der Waals surface area contributed by atoms with E-state index in [1.165, 1.54) is 0 Å². The van der Waals surface area contributed by atoms with Gasteiger partial charge in [0, 0.05) is 12.1 Å². The lowest BCUT2D eigenvalue weighted by Gasteiger charge is -2.43. The van der Waals surface area contributed by atoms with Crippen LogP contribution in [0.15, 0.2) is 24.3 Å². The van der Waals surface area contributed by atoms with E-state index in [4.69, 9.17) is 10.5 Å². The standard InChI is InChI=1S/C16H24N2O2/c1-5-16(6-2)14(19)18(11-15(3,4)17)12-9-7-8-10-13(12)20-16/h7-10H,5-6,11,17H2,1-4H3. The molecule has 1 amide bonds. The molecule has 0 radical (unpaired) electrons. The first kappa shape index (κ1) is 14.9. The lowest BCUT2D eigenvalue weighted by Crippen LogP contribution is -2.59. The highest BCUT2D eigenvalue weighted by atomic mass is 16.5. The van der Waals surface area contributed by atoms with Crippen LogP contribution in [-0.4, -0.2) is 23.6 Å². The Labute approximate surface area is 120 Å². The molecule has 0 atom stereocenters. The molecule has 1 aromatic rings. The van der Waals surface area contributed by atoms with E-state index in [0.717, 1.165) is 11.4 Å². The predicted molar refractivity (Wildman–Crippen MR) is 81.0 cm³/mol. The number of hydrogen-bond acceptors (Lipinski definition) is 3. The Morgan fingerprint density at radius 1 is 1.25 bits per heavy atom. The molecule has 0 unspecified atom stereocenters. The minimum absolute atomic E-state index is 0.0136. The van der Waals surface area contributed by atoms with E-state index >= 15 is 0 Å². The van der Waals surface area contributed by atoms with Crippen LogP contribution in [0.3, 0.4) is 0 Å². The molecule has 4 nitrogen and oxygen atoms in total. The summed E-state index contributed by atoms with van der Waals surface area (Å²) in [7, 11) is 0. The average molecular weight is 276 g/mol. The van der Waals surface area contributed by atoms with Crippen LogP contribution in [0, 0.1) is 0 Å². The van der Waals surface area contributed by atoms with Crippen LogP contribution in [0.25, 0.3) is 0 Å². The fourth-order valence-electron chi connectivity index (χ4n) is 2.64. The molecule has 0 fully saturated rings. The number of benzene rings is 1. The molecule has 1 heterocycles. The maximum absolute atomic E-state index is 12.9. The highest BCUT2D eigenvalue weighted by Crippen LogP contribution is 2.40. The first-order valence-electron chi connectivity index (χ1n) is 7.22. The quantitative estimate of drug-likeness (QED) is 0.920. The monoisotopic (exact) mass is 276 g/mol. The van der Waals surface area contributed by atoms with Crippen LogP contribution in [0.5, 0.6) is 5.75 Å². The lowest BCUT2D eigenvalue weighted by molar-refractivity contribution is -0.136. The van der Waals surface area contributed by atoms with Gasteiger partial charge < -0.3 is 15.4 Å². The highest BCUT2D eigenvalue weighted by molar-refractivity contribution is 6.03. The normalized spacial score (nSPS) is 17.6. The summed E-state index contributed by atoms with van der Waals surface area (Å²) in [6, 6.07) is 7.67. The number of anilines is 1. The van der Waals surface area contributed by atoms with Crippen molar-refractivity contribution in [2.75, 3.05) is 11.4 Å². The maximum Gasteiger partial charge on any atom is 0.271 e. The second-order valence-electron chi connectivity index (χ2n) is 6.15. The zero-order valence-corrected chi connectivity index (χ0v) is 12.8. The number of nitrogens with two attached hydrogens (primary N) is 1. The molecular formula is C16H24N2O2. The Balaban J connectivity index is 2.50. The zero-order chi connectivity index (χ0) is 15.0. The summed E-state index contributed by atoms with van der Waals surface area (Å²) in [4.78, 5) is 14.7. The fourth-order valence-corrected chi connectivity index (χ4v) is 2.64. The molecule has 0 saturated carbocycles. The molecule has 1 aliphatic rings. The minimum Gasteiger partial charge on any atom is -0.475 e. The number of nitrogens with zero attached hydrogens (tertiary/aromatic N) is 1. The number of fused-ring (bicyclic) bond motifs is 1. The Morgan fingerprint density at radius 3 is 2.40 bits per heavy atom. The third-order valence-electron chi connectivity index (χ3n) is 3.80. The van der Waals surface area contributed by atoms with E-state index in [1.807, 2.05) is 52.0 Å². The van der Waals surface area contributed by atoms with Gasteiger partial charge in [0.25, 0.3) is 5.91 Å². The number of hydrogen-bond donors (Lipinski definition) is 1. The Hall–Kier alpha value is -1.55. The van der Waals surface area contributed by atoms with Crippen LogP contribution in [0.2, 0.25) is 0 Å². The fraction of sp³-hybridized carbons (Fsp3) is 0.562. The van der Waals surface area contributed by atoms with Crippen molar-refractivity contribution in [1.29, 1.82) is 0 Å². The molecular weight excluding hydrogens is 252 g/mol. The molecule has 20 heavy (non-hydrogen) atoms. The Bertz CT molecular complexity index is 501. The zero-order valence-electron chi connectivity index (χ0n) is 12.8. The molecule has 1 aliphatic heterocycles. The highest BCUT2D eigenvalue weighted by Gasteiger charge is 2.46. The van der Waals surface area contributed by atoms with E-state index in [-0.39, 0.29) is 5.91 Å². The average Bonchev–Trinajstić information content (AvgIpc) is 2.40. The van der Waals surface area contributed by atoms with Crippen molar-refractivity contribution in [2.24, 2.45) is 5.73 Å². The third kappa shape index (κ3) is 2.52. The van der Waals surface area contributed by atoms with Gasteiger partial charge in [-0.1, -0.05) is 26.0 Å². The van der Waals surface area contributed by atoms with E-state index < -0.39 is 11.1 Å². The molecule has 1 aromatic carbocycles. The van der Waals surface area contributed by atoms with Crippen molar-refractivity contribution in [3.8, 4) is 5.75 Å². The van der Waals surface area contributed by atoms with Gasteiger partial charge in [-0.3, -0.25) is 4.79 Å². The summed E-state index contributed by atoms with van der Waals surface area (Å²) in [6.07, 6.45) is 1.30. The SMILES string of the molecule is CCC1(CC)Oc2ccccc2N(CC(C)(C)N)C1=O. The summed E-state index contributed by atoms with van der Waals surface area (Å²) < 4.78 is 6.04. The summed E-state index contributed by atoms with van der Waals surface area (Å²) in [5, 5.41) is 0. The van der Waals surface area contributed by atoms with Crippen molar-refractivity contribution < 1.29 is 9.53 Å². The molecule has 0 bridgehead atoms. The van der Waals surface area contributed by atoms with Gasteiger partial charge in [0.15, 0.2) is 5.60 Å². The molecule has 2 rings (SSSR count). The van der Waals surface area contributed by atoms with E-state index in [9.17, 15) is 4.79 Å². The molecule has 2 N–H and O–H groups in total. The molecule has 4 heteroatoms. The molecule has 0 spiro atoms. The van der Waals surface area contributed by atoms with Crippen molar-refractivity contribution in [3.05, 3.63) is 24.3 Å². The summed E-state index contributed by atoms with van der Waals surface area (Å²) in [5.41, 5.74) is 5.72. The van der Waals surface area contributed by atoms with Gasteiger partial charge in [-0.15, -0.1) is 0 Å². The largest absolute Gasteiger partial charge is 0.475 e. The summed E-state index contributed by atoms with van der Waals surface area (Å²) in [6.45, 7) is 8.31. The van der Waals surface area contributed by atoms with Crippen molar-refractivity contribution in [1.82, 2.24) is 0 Å². The van der Waals surface area contributed by atoms with Gasteiger partial charge in [0.05, 0.1) is 5.69 Å². The number of rotatable bonds is 4. The van der Waals surface area contributed by atoms with Crippen LogP contribution < -0.4 is 15.4 Å². The Morgan fingerprint density at radius 2 is 1.85 bits per heavy atom. The smallest absolute Gasteiger partial charge is 0.271 e. The second-order valence-corrected chi connectivity index (χ2v) is 6.15. The molecule has 0 aromatic heterocycles. The van der Waals surface area contributed by atoms with Crippen LogP contribution in [-0.2, 0) is 4.79 Å². The summed E-state index contributed by atoms with van der Waals surface area (Å²) in [5.74, 6) is 0.778. The Kier molecular flexibility index (Phi) is 3.78. The first-order chi connectivity index (χ1) is 9.33. The first-order valence-corrected chi connectivity index (χ1v) is 7.22. The van der Waals surface area contributed by atoms with Crippen LogP contribution in [0.1, 0.15) is 40.5 Å². The minimum atomic E-state index is -0.764. The van der Waals surface area contributed by atoms with Gasteiger partial charge in [-0.2, -0.15) is 0 Å². The van der Waals surface area contributed by atoms with E-state index in [1.54, 1.807) is 4.90 Å². The number of ether oxygens (including phenoxy) is 1. The van der Waals surface area contributed by atoms with Crippen LogP contribution in [0.4, 0.5) is 5.69 Å². The summed E-state index contributed by atoms with van der Waals surface area (Å²) >= 11 is 0. The van der Waals surface area contributed by atoms with Gasteiger partial charge in [-0.05, 0) is 38.8 Å². The second kappa shape index (κ2) is 5.09. The van der Waals surface area contributed by atoms with Crippen molar-refractivity contribution in [2.45, 2.75) is 51.7 Å². The van der Waals surface area contributed by atoms with Gasteiger partial charge in [0.1, 0.15) is 5.75 Å². The number of carbonyl (C=O) groups excluding carboxylic acids is 1. The molecule has 110 valence electrons. The number of carbonyl (C=O) groups is 1. The topological polar surface area (TPSA) is 55.6 Å². The van der Waals surface area contributed by atoms with Gasteiger partial charge in [0.2, 0.25) is 0 Å². The van der Waals surface area contributed by atoms with Crippen molar-refractivity contribution >= 4 is 11.6 Å². The molecule has 0 aliphatic carbocycles. The van der Waals surface area contributed by atoms with Crippen LogP contribution >= 0.6 is 0 Å². The maximum atomic E-state index is 12.9.